The lowest BCUT2D eigenvalue weighted by Crippen LogP contribution is -2.37. The van der Waals surface area contributed by atoms with Gasteiger partial charge in [0.2, 0.25) is 0 Å². The summed E-state index contributed by atoms with van der Waals surface area (Å²) in [4.78, 5) is 12.8. The third-order valence-electron chi connectivity index (χ3n) is 4.35. The first kappa shape index (κ1) is 16.6. The summed E-state index contributed by atoms with van der Waals surface area (Å²) in [6.07, 6.45) is 1.14. The van der Waals surface area contributed by atoms with Gasteiger partial charge in [0.1, 0.15) is 5.82 Å². The molecular weight excluding hydrogens is 327 g/mol. The average molecular weight is 344 g/mol. The standard InChI is InChI=1S/C19H17FO3S/c1-19(2)17(13-5-4-6-14(20)11-13)16(18(19)21)12-7-9-15(10-8-12)24(3,22)23/h4-11H,1-3H3. The Bertz CT molecular complexity index is 968. The molecule has 0 radical (unpaired) electrons. The fourth-order valence-electron chi connectivity index (χ4n) is 3.08. The van der Waals surface area contributed by atoms with E-state index in [4.69, 9.17) is 0 Å². The molecule has 0 saturated carbocycles. The molecule has 2 aromatic rings. The van der Waals surface area contributed by atoms with Gasteiger partial charge in [-0.2, -0.15) is 0 Å². The van der Waals surface area contributed by atoms with Gasteiger partial charge in [-0.1, -0.05) is 24.3 Å². The van der Waals surface area contributed by atoms with Gasteiger partial charge in [0.15, 0.2) is 15.6 Å². The molecule has 0 bridgehead atoms. The molecule has 0 unspecified atom stereocenters. The van der Waals surface area contributed by atoms with E-state index in [9.17, 15) is 17.6 Å². The van der Waals surface area contributed by atoms with Crippen molar-refractivity contribution in [1.29, 1.82) is 0 Å². The normalized spacial score (nSPS) is 16.9. The van der Waals surface area contributed by atoms with Gasteiger partial charge in [-0.05, 0) is 54.8 Å². The van der Waals surface area contributed by atoms with Crippen molar-refractivity contribution in [1.82, 2.24) is 0 Å². The van der Waals surface area contributed by atoms with Gasteiger partial charge in [-0.3, -0.25) is 4.79 Å². The Morgan fingerprint density at radius 1 is 0.958 bits per heavy atom. The van der Waals surface area contributed by atoms with Crippen molar-refractivity contribution < 1.29 is 17.6 Å². The third kappa shape index (κ3) is 2.59. The van der Waals surface area contributed by atoms with Gasteiger partial charge in [0.25, 0.3) is 0 Å². The number of hydrogen-bond donors (Lipinski definition) is 0. The molecule has 0 fully saturated rings. The first-order valence-corrected chi connectivity index (χ1v) is 9.37. The van der Waals surface area contributed by atoms with Crippen molar-refractivity contribution in [3.8, 4) is 0 Å². The van der Waals surface area contributed by atoms with E-state index in [0.717, 1.165) is 11.8 Å². The quantitative estimate of drug-likeness (QED) is 0.852. The van der Waals surface area contributed by atoms with E-state index in [-0.39, 0.29) is 16.5 Å². The second kappa shape index (κ2) is 5.38. The predicted molar refractivity (Wildman–Crippen MR) is 91.6 cm³/mol. The molecule has 0 heterocycles. The first-order valence-electron chi connectivity index (χ1n) is 7.48. The number of sulfone groups is 1. The van der Waals surface area contributed by atoms with E-state index in [1.165, 1.54) is 24.3 Å². The van der Waals surface area contributed by atoms with Crippen molar-refractivity contribution in [3.05, 3.63) is 65.5 Å². The smallest absolute Gasteiger partial charge is 0.175 e. The van der Waals surface area contributed by atoms with E-state index in [1.54, 1.807) is 24.3 Å². The maximum atomic E-state index is 13.6. The van der Waals surface area contributed by atoms with Crippen LogP contribution in [0.4, 0.5) is 4.39 Å². The van der Waals surface area contributed by atoms with Crippen molar-refractivity contribution in [2.24, 2.45) is 5.41 Å². The predicted octanol–water partition coefficient (Wildman–Crippen LogP) is 3.75. The van der Waals surface area contributed by atoms with Crippen LogP contribution in [-0.4, -0.2) is 20.5 Å². The van der Waals surface area contributed by atoms with Crippen LogP contribution in [0.25, 0.3) is 11.1 Å². The first-order chi connectivity index (χ1) is 11.1. The monoisotopic (exact) mass is 344 g/mol. The van der Waals surface area contributed by atoms with E-state index >= 15 is 0 Å². The van der Waals surface area contributed by atoms with Crippen molar-refractivity contribution in [3.63, 3.8) is 0 Å². The number of halogens is 1. The number of Topliss-reactive ketones (excluding diaryl/α,β-unsaturated/α-hetero) is 1. The van der Waals surface area contributed by atoms with Crippen LogP contribution in [0.2, 0.25) is 0 Å². The van der Waals surface area contributed by atoms with Crippen LogP contribution in [0.15, 0.2) is 53.4 Å². The Kier molecular flexibility index (Phi) is 3.72. The summed E-state index contributed by atoms with van der Waals surface area (Å²) < 4.78 is 36.7. The zero-order chi connectivity index (χ0) is 17.7. The molecule has 1 aliphatic carbocycles. The molecule has 124 valence electrons. The molecule has 0 aliphatic heterocycles. The molecule has 0 saturated heterocycles. The Balaban J connectivity index is 2.16. The molecule has 0 amide bonds. The number of allylic oxidation sites excluding steroid dienone is 2. The highest BCUT2D eigenvalue weighted by atomic mass is 32.2. The van der Waals surface area contributed by atoms with Crippen LogP contribution in [-0.2, 0) is 14.6 Å². The lowest BCUT2D eigenvalue weighted by molar-refractivity contribution is -0.120. The second-order valence-electron chi connectivity index (χ2n) is 6.51. The fourth-order valence-corrected chi connectivity index (χ4v) is 3.71. The van der Waals surface area contributed by atoms with Crippen LogP contribution in [0.1, 0.15) is 25.0 Å². The average Bonchev–Trinajstić information content (AvgIpc) is 2.51. The van der Waals surface area contributed by atoms with Gasteiger partial charge in [-0.25, -0.2) is 12.8 Å². The fraction of sp³-hybridized carbons (Fsp3) is 0.211. The molecule has 24 heavy (non-hydrogen) atoms. The summed E-state index contributed by atoms with van der Waals surface area (Å²) in [7, 11) is -3.29. The number of ketones is 1. The van der Waals surface area contributed by atoms with Crippen LogP contribution in [0, 0.1) is 11.2 Å². The van der Waals surface area contributed by atoms with E-state index in [0.29, 0.717) is 16.7 Å². The maximum Gasteiger partial charge on any atom is 0.175 e. The molecule has 3 rings (SSSR count). The zero-order valence-corrected chi connectivity index (χ0v) is 14.4. The summed E-state index contributed by atoms with van der Waals surface area (Å²) in [5, 5.41) is 0. The lowest BCUT2D eigenvalue weighted by atomic mass is 9.61. The van der Waals surface area contributed by atoms with Gasteiger partial charge in [-0.15, -0.1) is 0 Å². The SMILES string of the molecule is CC1(C)C(=O)C(c2ccc(S(C)(=O)=O)cc2)=C1c1cccc(F)c1. The van der Waals surface area contributed by atoms with Crippen LogP contribution in [0.3, 0.4) is 0 Å². The highest BCUT2D eigenvalue weighted by Gasteiger charge is 2.47. The van der Waals surface area contributed by atoms with Crippen molar-refractivity contribution in [2.75, 3.05) is 6.26 Å². The van der Waals surface area contributed by atoms with Gasteiger partial charge >= 0.3 is 0 Å². The molecule has 1 aliphatic rings. The minimum atomic E-state index is -3.29. The highest BCUT2D eigenvalue weighted by Crippen LogP contribution is 2.52. The number of hydrogen-bond acceptors (Lipinski definition) is 3. The van der Waals surface area contributed by atoms with Gasteiger partial charge in [0, 0.05) is 11.8 Å². The minimum absolute atomic E-state index is 0.0335. The minimum Gasteiger partial charge on any atom is -0.293 e. The molecule has 0 N–H and O–H groups in total. The zero-order valence-electron chi connectivity index (χ0n) is 13.6. The highest BCUT2D eigenvalue weighted by molar-refractivity contribution is 7.90. The lowest BCUT2D eigenvalue weighted by Gasteiger charge is -2.39. The van der Waals surface area contributed by atoms with Crippen molar-refractivity contribution >= 4 is 26.8 Å². The summed E-state index contributed by atoms with van der Waals surface area (Å²) in [6.45, 7) is 3.62. The number of rotatable bonds is 3. The summed E-state index contributed by atoms with van der Waals surface area (Å²) in [5.74, 6) is -0.393. The van der Waals surface area contributed by atoms with E-state index in [1.807, 2.05) is 13.8 Å². The summed E-state index contributed by atoms with van der Waals surface area (Å²) in [6, 6.07) is 12.4. The second-order valence-corrected chi connectivity index (χ2v) is 8.53. The summed E-state index contributed by atoms with van der Waals surface area (Å²) in [5.41, 5.74) is 1.91. The Morgan fingerprint density at radius 3 is 2.12 bits per heavy atom. The van der Waals surface area contributed by atoms with E-state index < -0.39 is 15.3 Å². The van der Waals surface area contributed by atoms with Crippen LogP contribution >= 0.6 is 0 Å². The topological polar surface area (TPSA) is 51.2 Å². The molecule has 0 aromatic heterocycles. The van der Waals surface area contributed by atoms with Crippen molar-refractivity contribution in [2.45, 2.75) is 18.7 Å². The molecule has 0 atom stereocenters. The Morgan fingerprint density at radius 2 is 1.58 bits per heavy atom. The largest absolute Gasteiger partial charge is 0.293 e. The number of benzene rings is 2. The Labute approximate surface area is 140 Å². The third-order valence-corrected chi connectivity index (χ3v) is 5.48. The Hall–Kier alpha value is -2.27. The number of carbonyl (C=O) groups excluding carboxylic acids is 1. The summed E-state index contributed by atoms with van der Waals surface area (Å²) >= 11 is 0. The molecule has 5 heteroatoms. The maximum absolute atomic E-state index is 13.6. The van der Waals surface area contributed by atoms with Crippen LogP contribution < -0.4 is 0 Å². The molecule has 0 spiro atoms. The van der Waals surface area contributed by atoms with Gasteiger partial charge < -0.3 is 0 Å². The van der Waals surface area contributed by atoms with Gasteiger partial charge in [0.05, 0.1) is 10.3 Å². The molecular formula is C19H17FO3S. The molecule has 2 aromatic carbocycles. The number of carbonyl (C=O) groups is 1. The van der Waals surface area contributed by atoms with Crippen LogP contribution in [0.5, 0.6) is 0 Å². The van der Waals surface area contributed by atoms with E-state index in [2.05, 4.69) is 0 Å². The molecule has 3 nitrogen and oxygen atoms in total.